The van der Waals surface area contributed by atoms with Crippen molar-refractivity contribution in [3.63, 3.8) is 0 Å². The van der Waals surface area contributed by atoms with E-state index in [1.165, 1.54) is 6.92 Å². The predicted molar refractivity (Wildman–Crippen MR) is 59.2 cm³/mol. The summed E-state index contributed by atoms with van der Waals surface area (Å²) in [6.07, 6.45) is 0. The fourth-order valence-corrected chi connectivity index (χ4v) is 0.902. The molecular formula is C12H16O4. The lowest BCUT2D eigenvalue weighted by molar-refractivity contribution is -0.274. The summed E-state index contributed by atoms with van der Waals surface area (Å²) in [7, 11) is 0. The van der Waals surface area contributed by atoms with Crippen molar-refractivity contribution < 1.29 is 19.3 Å². The van der Waals surface area contributed by atoms with Crippen LogP contribution in [-0.2, 0) is 9.68 Å². The van der Waals surface area contributed by atoms with Gasteiger partial charge in [-0.25, -0.2) is 0 Å². The molecule has 0 saturated heterocycles. The first-order valence-electron chi connectivity index (χ1n) is 5.01. The van der Waals surface area contributed by atoms with E-state index >= 15 is 0 Å². The van der Waals surface area contributed by atoms with Gasteiger partial charge in [-0.3, -0.25) is 4.79 Å². The van der Waals surface area contributed by atoms with Crippen LogP contribution >= 0.6 is 0 Å². The van der Waals surface area contributed by atoms with Gasteiger partial charge >= 0.3 is 5.97 Å². The molecule has 0 aliphatic carbocycles. The molecule has 0 heterocycles. The number of hydrogen-bond acceptors (Lipinski definition) is 4. The number of esters is 1. The zero-order valence-corrected chi connectivity index (χ0v) is 9.94. The van der Waals surface area contributed by atoms with Gasteiger partial charge in [0, 0.05) is 6.92 Å². The van der Waals surface area contributed by atoms with Crippen molar-refractivity contribution in [2.45, 2.75) is 33.3 Å². The van der Waals surface area contributed by atoms with Gasteiger partial charge in [-0.05, 0) is 45.0 Å². The van der Waals surface area contributed by atoms with E-state index in [1.807, 2.05) is 20.8 Å². The Morgan fingerprint density at radius 3 is 2.00 bits per heavy atom. The highest BCUT2D eigenvalue weighted by molar-refractivity contribution is 5.69. The molecule has 88 valence electrons. The number of carbonyl (C=O) groups is 1. The van der Waals surface area contributed by atoms with Crippen LogP contribution in [0.2, 0.25) is 0 Å². The standard InChI is InChI=1S/C12H16O4/c1-9(13)14-10-5-7-11(8-6-10)15-16-12(2,3)4/h5-8H,1-4H3. The van der Waals surface area contributed by atoms with Crippen molar-refractivity contribution in [1.82, 2.24) is 0 Å². The van der Waals surface area contributed by atoms with Crippen molar-refractivity contribution in [2.24, 2.45) is 0 Å². The van der Waals surface area contributed by atoms with Crippen LogP contribution in [0, 0.1) is 0 Å². The highest BCUT2D eigenvalue weighted by Gasteiger charge is 2.12. The Morgan fingerprint density at radius 1 is 1.06 bits per heavy atom. The Bertz CT molecular complexity index is 348. The Hall–Kier alpha value is -1.55. The summed E-state index contributed by atoms with van der Waals surface area (Å²) >= 11 is 0. The lowest BCUT2D eigenvalue weighted by Crippen LogP contribution is -2.21. The molecule has 0 saturated carbocycles. The third-order valence-corrected chi connectivity index (χ3v) is 1.47. The summed E-state index contributed by atoms with van der Waals surface area (Å²) < 4.78 is 4.88. The Balaban J connectivity index is 2.55. The predicted octanol–water partition coefficient (Wildman–Crippen LogP) is 2.72. The normalized spacial score (nSPS) is 11.0. The average molecular weight is 224 g/mol. The van der Waals surface area contributed by atoms with Gasteiger partial charge in [-0.2, -0.15) is 4.89 Å². The molecule has 1 aromatic rings. The number of carbonyl (C=O) groups excluding carboxylic acids is 1. The summed E-state index contributed by atoms with van der Waals surface area (Å²) in [5, 5.41) is 0. The second-order valence-corrected chi connectivity index (χ2v) is 4.34. The maximum absolute atomic E-state index is 10.7. The molecule has 0 aromatic heterocycles. The first-order valence-corrected chi connectivity index (χ1v) is 5.01. The number of rotatable bonds is 3. The SMILES string of the molecule is CC(=O)Oc1ccc(OOC(C)(C)C)cc1. The zero-order valence-electron chi connectivity index (χ0n) is 9.94. The van der Waals surface area contributed by atoms with E-state index in [2.05, 4.69) is 0 Å². The minimum absolute atomic E-state index is 0.348. The quantitative estimate of drug-likeness (QED) is 0.343. The Morgan fingerprint density at radius 2 is 1.56 bits per heavy atom. The molecule has 0 aliphatic heterocycles. The fraction of sp³-hybridized carbons (Fsp3) is 0.417. The fourth-order valence-electron chi connectivity index (χ4n) is 0.902. The molecule has 4 heteroatoms. The molecule has 0 aliphatic rings. The molecule has 0 atom stereocenters. The molecule has 1 aromatic carbocycles. The highest BCUT2D eigenvalue weighted by Crippen LogP contribution is 2.19. The Kier molecular flexibility index (Phi) is 3.90. The topological polar surface area (TPSA) is 44.8 Å². The molecule has 16 heavy (non-hydrogen) atoms. The molecular weight excluding hydrogens is 208 g/mol. The first-order chi connectivity index (χ1) is 7.37. The smallest absolute Gasteiger partial charge is 0.308 e. The summed E-state index contributed by atoms with van der Waals surface area (Å²) in [5.74, 6) is 0.695. The van der Waals surface area contributed by atoms with E-state index < -0.39 is 0 Å². The summed E-state index contributed by atoms with van der Waals surface area (Å²) in [6, 6.07) is 6.62. The molecule has 4 nitrogen and oxygen atoms in total. The van der Waals surface area contributed by atoms with Gasteiger partial charge in [0.15, 0.2) is 5.75 Å². The van der Waals surface area contributed by atoms with Gasteiger partial charge in [-0.15, -0.1) is 0 Å². The lowest BCUT2D eigenvalue weighted by Gasteiger charge is -2.17. The Labute approximate surface area is 95.1 Å². The molecule has 0 fully saturated rings. The number of hydrogen-bond donors (Lipinski definition) is 0. The second-order valence-electron chi connectivity index (χ2n) is 4.34. The van der Waals surface area contributed by atoms with E-state index in [9.17, 15) is 4.79 Å². The van der Waals surface area contributed by atoms with Crippen LogP contribution in [0.5, 0.6) is 11.5 Å². The average Bonchev–Trinajstić information content (AvgIpc) is 2.14. The van der Waals surface area contributed by atoms with Gasteiger partial charge < -0.3 is 9.62 Å². The van der Waals surface area contributed by atoms with Gasteiger partial charge in [-0.1, -0.05) is 0 Å². The van der Waals surface area contributed by atoms with Crippen molar-refractivity contribution in [3.05, 3.63) is 24.3 Å². The summed E-state index contributed by atoms with van der Waals surface area (Å²) in [4.78, 5) is 20.9. The molecule has 0 radical (unpaired) electrons. The number of benzene rings is 1. The van der Waals surface area contributed by atoms with Crippen LogP contribution in [0.15, 0.2) is 24.3 Å². The maximum Gasteiger partial charge on any atom is 0.308 e. The van der Waals surface area contributed by atoms with E-state index in [1.54, 1.807) is 24.3 Å². The van der Waals surface area contributed by atoms with E-state index in [-0.39, 0.29) is 11.6 Å². The van der Waals surface area contributed by atoms with Crippen molar-refractivity contribution >= 4 is 5.97 Å². The van der Waals surface area contributed by atoms with E-state index in [0.29, 0.717) is 11.5 Å². The zero-order chi connectivity index (χ0) is 12.2. The molecule has 0 amide bonds. The molecule has 0 spiro atoms. The van der Waals surface area contributed by atoms with Gasteiger partial charge in [0.2, 0.25) is 0 Å². The lowest BCUT2D eigenvalue weighted by atomic mass is 10.2. The van der Waals surface area contributed by atoms with E-state index in [4.69, 9.17) is 14.5 Å². The maximum atomic E-state index is 10.7. The molecule has 1 rings (SSSR count). The van der Waals surface area contributed by atoms with Crippen LogP contribution in [0.4, 0.5) is 0 Å². The van der Waals surface area contributed by atoms with Crippen LogP contribution in [0.1, 0.15) is 27.7 Å². The van der Waals surface area contributed by atoms with E-state index in [0.717, 1.165) is 0 Å². The summed E-state index contributed by atoms with van der Waals surface area (Å²) in [6.45, 7) is 7.02. The largest absolute Gasteiger partial charge is 0.427 e. The first kappa shape index (κ1) is 12.5. The third kappa shape index (κ3) is 4.79. The second kappa shape index (κ2) is 4.99. The number of ether oxygens (including phenoxy) is 1. The van der Waals surface area contributed by atoms with Crippen LogP contribution in [-0.4, -0.2) is 11.6 Å². The van der Waals surface area contributed by atoms with Crippen LogP contribution in [0.3, 0.4) is 0 Å². The van der Waals surface area contributed by atoms with Crippen molar-refractivity contribution in [3.8, 4) is 11.5 Å². The van der Waals surface area contributed by atoms with Gasteiger partial charge in [0.05, 0.1) is 0 Å². The van der Waals surface area contributed by atoms with Crippen molar-refractivity contribution in [1.29, 1.82) is 0 Å². The van der Waals surface area contributed by atoms with Crippen LogP contribution in [0.25, 0.3) is 0 Å². The highest BCUT2D eigenvalue weighted by atomic mass is 17.2. The molecule has 0 bridgehead atoms. The van der Waals surface area contributed by atoms with Crippen molar-refractivity contribution in [2.75, 3.05) is 0 Å². The van der Waals surface area contributed by atoms with Gasteiger partial charge in [0.1, 0.15) is 11.4 Å². The molecule has 0 unspecified atom stereocenters. The minimum atomic E-state index is -0.367. The van der Waals surface area contributed by atoms with Gasteiger partial charge in [0.25, 0.3) is 0 Å². The third-order valence-electron chi connectivity index (χ3n) is 1.47. The monoisotopic (exact) mass is 224 g/mol. The molecule has 0 N–H and O–H groups in total. The van der Waals surface area contributed by atoms with Crippen LogP contribution < -0.4 is 9.62 Å². The minimum Gasteiger partial charge on any atom is -0.427 e. The summed E-state index contributed by atoms with van der Waals surface area (Å²) in [5.41, 5.74) is -0.367.